The van der Waals surface area contributed by atoms with Crippen molar-refractivity contribution in [3.05, 3.63) is 71.0 Å². The van der Waals surface area contributed by atoms with Crippen LogP contribution in [0, 0.1) is 0 Å². The molecule has 0 spiro atoms. The van der Waals surface area contributed by atoms with Gasteiger partial charge in [0.05, 0.1) is 5.69 Å². The molecular formula is C27H28N6O3. The highest BCUT2D eigenvalue weighted by atomic mass is 16.2. The zero-order valence-electron chi connectivity index (χ0n) is 19.9. The van der Waals surface area contributed by atoms with Gasteiger partial charge in [0.15, 0.2) is 5.69 Å². The van der Waals surface area contributed by atoms with Gasteiger partial charge in [0, 0.05) is 48.9 Å². The molecule has 3 aromatic rings. The summed E-state index contributed by atoms with van der Waals surface area (Å²) in [5.41, 5.74) is 10.4. The first-order chi connectivity index (χ1) is 17.4. The SMILES string of the molecule is NC(=O)c1cc(C(=O)Nc2ccc(C3(CN4CCCC4=O)CC3)cc2)n(-c2ccc3c(c2)NCC3)n1. The van der Waals surface area contributed by atoms with Crippen molar-refractivity contribution in [1.82, 2.24) is 14.7 Å². The highest BCUT2D eigenvalue weighted by Crippen LogP contribution is 2.49. The summed E-state index contributed by atoms with van der Waals surface area (Å²) in [5, 5.41) is 10.5. The molecule has 1 aliphatic carbocycles. The fourth-order valence-corrected chi connectivity index (χ4v) is 5.30. The molecule has 1 aromatic heterocycles. The lowest BCUT2D eigenvalue weighted by molar-refractivity contribution is -0.128. The number of nitrogens with one attached hydrogen (secondary N) is 2. The highest BCUT2D eigenvalue weighted by molar-refractivity contribution is 6.05. The van der Waals surface area contributed by atoms with Crippen LogP contribution < -0.4 is 16.4 Å². The predicted molar refractivity (Wildman–Crippen MR) is 135 cm³/mol. The average Bonchev–Trinajstić information content (AvgIpc) is 3.20. The van der Waals surface area contributed by atoms with Crippen LogP contribution in [-0.4, -0.2) is 52.0 Å². The number of hydrogen-bond acceptors (Lipinski definition) is 5. The van der Waals surface area contributed by atoms with Crippen LogP contribution >= 0.6 is 0 Å². The molecule has 9 heteroatoms. The lowest BCUT2D eigenvalue weighted by atomic mass is 9.95. The second-order valence-corrected chi connectivity index (χ2v) is 9.94. The van der Waals surface area contributed by atoms with Gasteiger partial charge in [-0.05, 0) is 61.1 Å². The van der Waals surface area contributed by atoms with Gasteiger partial charge >= 0.3 is 0 Å². The van der Waals surface area contributed by atoms with E-state index in [1.54, 1.807) is 0 Å². The number of benzene rings is 2. The Balaban J connectivity index is 1.22. The van der Waals surface area contributed by atoms with Crippen LogP contribution in [0.15, 0.2) is 48.5 Å². The first-order valence-electron chi connectivity index (χ1n) is 12.4. The first kappa shape index (κ1) is 22.3. The summed E-state index contributed by atoms with van der Waals surface area (Å²) in [6.07, 6.45) is 4.66. The van der Waals surface area contributed by atoms with Crippen LogP contribution in [0.25, 0.3) is 5.69 Å². The van der Waals surface area contributed by atoms with E-state index in [1.807, 2.05) is 47.4 Å². The van der Waals surface area contributed by atoms with Crippen molar-refractivity contribution in [2.75, 3.05) is 30.3 Å². The standard InChI is InChI=1S/C27H28N6O3/c28-25(35)22-15-23(33(31-22)20-8-3-17-9-12-29-21(17)14-20)26(36)30-19-6-4-18(5-7-19)27(10-11-27)16-32-13-1-2-24(32)34/h3-8,14-15,29H,1-2,9-13,16H2,(H2,28,35)(H,30,36). The Morgan fingerprint density at radius 3 is 2.58 bits per heavy atom. The van der Waals surface area contributed by atoms with Crippen LogP contribution in [0.5, 0.6) is 0 Å². The van der Waals surface area contributed by atoms with E-state index in [0.29, 0.717) is 17.8 Å². The number of rotatable bonds is 7. The zero-order chi connectivity index (χ0) is 24.9. The Hall–Kier alpha value is -4.14. The number of fused-ring (bicyclic) bond motifs is 1. The Morgan fingerprint density at radius 1 is 1.08 bits per heavy atom. The molecule has 2 aliphatic heterocycles. The van der Waals surface area contributed by atoms with Gasteiger partial charge in [0.2, 0.25) is 5.91 Å². The molecule has 1 saturated carbocycles. The summed E-state index contributed by atoms with van der Waals surface area (Å²) >= 11 is 0. The quantitative estimate of drug-likeness (QED) is 0.476. The van der Waals surface area contributed by atoms with Gasteiger partial charge in [-0.2, -0.15) is 5.10 Å². The molecule has 0 radical (unpaired) electrons. The largest absolute Gasteiger partial charge is 0.384 e. The number of likely N-dealkylation sites (tertiary alicyclic amines) is 1. The van der Waals surface area contributed by atoms with Gasteiger partial charge in [-0.1, -0.05) is 18.2 Å². The van der Waals surface area contributed by atoms with Crippen molar-refractivity contribution >= 4 is 29.1 Å². The van der Waals surface area contributed by atoms with E-state index in [9.17, 15) is 14.4 Å². The molecule has 0 atom stereocenters. The Morgan fingerprint density at radius 2 is 1.89 bits per heavy atom. The number of carbonyl (C=O) groups is 3. The Kier molecular flexibility index (Phi) is 5.28. The minimum atomic E-state index is -0.697. The second kappa shape index (κ2) is 8.51. The van der Waals surface area contributed by atoms with Crippen molar-refractivity contribution in [3.8, 4) is 5.69 Å². The molecule has 2 aromatic carbocycles. The number of amides is 3. The van der Waals surface area contributed by atoms with Crippen molar-refractivity contribution in [2.45, 2.75) is 37.5 Å². The van der Waals surface area contributed by atoms with Crippen molar-refractivity contribution < 1.29 is 14.4 Å². The maximum absolute atomic E-state index is 13.3. The van der Waals surface area contributed by atoms with E-state index in [1.165, 1.54) is 21.9 Å². The van der Waals surface area contributed by atoms with Crippen LogP contribution in [0.3, 0.4) is 0 Å². The number of carbonyl (C=O) groups excluding carboxylic acids is 3. The normalized spacial score (nSPS) is 17.6. The van der Waals surface area contributed by atoms with Gasteiger partial charge in [0.25, 0.3) is 11.8 Å². The molecule has 1 saturated heterocycles. The number of aromatic nitrogens is 2. The van der Waals surface area contributed by atoms with E-state index in [2.05, 4.69) is 15.7 Å². The number of nitrogens with zero attached hydrogens (tertiary/aromatic N) is 3. The van der Waals surface area contributed by atoms with Crippen molar-refractivity contribution in [3.63, 3.8) is 0 Å². The number of nitrogens with two attached hydrogens (primary N) is 1. The summed E-state index contributed by atoms with van der Waals surface area (Å²) in [7, 11) is 0. The monoisotopic (exact) mass is 484 g/mol. The first-order valence-corrected chi connectivity index (χ1v) is 12.4. The maximum Gasteiger partial charge on any atom is 0.274 e. The van der Waals surface area contributed by atoms with E-state index >= 15 is 0 Å². The molecule has 3 aliphatic rings. The van der Waals surface area contributed by atoms with E-state index in [4.69, 9.17) is 5.73 Å². The minimum Gasteiger partial charge on any atom is -0.384 e. The predicted octanol–water partition coefficient (Wildman–Crippen LogP) is 2.85. The third kappa shape index (κ3) is 4.00. The molecule has 0 bridgehead atoms. The second-order valence-electron chi connectivity index (χ2n) is 9.94. The smallest absolute Gasteiger partial charge is 0.274 e. The molecular weight excluding hydrogens is 456 g/mol. The molecule has 6 rings (SSSR count). The Bertz CT molecular complexity index is 1370. The van der Waals surface area contributed by atoms with Crippen LogP contribution in [-0.2, 0) is 16.6 Å². The van der Waals surface area contributed by atoms with Crippen LogP contribution in [0.2, 0.25) is 0 Å². The average molecular weight is 485 g/mol. The van der Waals surface area contributed by atoms with E-state index in [0.717, 1.165) is 51.0 Å². The van der Waals surface area contributed by atoms with Crippen LogP contribution in [0.1, 0.15) is 57.8 Å². The van der Waals surface area contributed by atoms with Crippen molar-refractivity contribution in [1.29, 1.82) is 0 Å². The van der Waals surface area contributed by atoms with Gasteiger partial charge in [0.1, 0.15) is 5.69 Å². The summed E-state index contributed by atoms with van der Waals surface area (Å²) in [6.45, 7) is 2.47. The number of hydrogen-bond donors (Lipinski definition) is 3. The lowest BCUT2D eigenvalue weighted by Crippen LogP contribution is -2.33. The fraction of sp³-hybridized carbons (Fsp3) is 0.333. The summed E-state index contributed by atoms with van der Waals surface area (Å²) in [6, 6.07) is 15.0. The summed E-state index contributed by atoms with van der Waals surface area (Å²) in [4.78, 5) is 39.1. The third-order valence-corrected chi connectivity index (χ3v) is 7.52. The van der Waals surface area contributed by atoms with E-state index < -0.39 is 5.91 Å². The molecule has 3 heterocycles. The highest BCUT2D eigenvalue weighted by Gasteiger charge is 2.46. The van der Waals surface area contributed by atoms with Crippen molar-refractivity contribution in [2.24, 2.45) is 5.73 Å². The number of primary amides is 1. The van der Waals surface area contributed by atoms with Gasteiger partial charge in [-0.15, -0.1) is 0 Å². The minimum absolute atomic E-state index is 0.0242. The fourth-order valence-electron chi connectivity index (χ4n) is 5.30. The van der Waals surface area contributed by atoms with Gasteiger partial charge < -0.3 is 21.3 Å². The molecule has 3 amide bonds. The maximum atomic E-state index is 13.3. The van der Waals surface area contributed by atoms with Crippen LogP contribution in [0.4, 0.5) is 11.4 Å². The third-order valence-electron chi connectivity index (χ3n) is 7.52. The summed E-state index contributed by atoms with van der Waals surface area (Å²) < 4.78 is 1.45. The number of anilines is 2. The molecule has 9 nitrogen and oxygen atoms in total. The molecule has 0 unspecified atom stereocenters. The zero-order valence-corrected chi connectivity index (χ0v) is 19.9. The van der Waals surface area contributed by atoms with Gasteiger partial charge in [-0.25, -0.2) is 4.68 Å². The topological polar surface area (TPSA) is 122 Å². The molecule has 184 valence electrons. The van der Waals surface area contributed by atoms with Gasteiger partial charge in [-0.3, -0.25) is 14.4 Å². The molecule has 2 fully saturated rings. The van der Waals surface area contributed by atoms with E-state index in [-0.39, 0.29) is 28.6 Å². The Labute approximate surface area is 208 Å². The molecule has 4 N–H and O–H groups in total. The summed E-state index contributed by atoms with van der Waals surface area (Å²) in [5.74, 6) is -0.839. The lowest BCUT2D eigenvalue weighted by Gasteiger charge is -2.24. The molecule has 36 heavy (non-hydrogen) atoms.